The number of carboxylic acids is 1. The highest BCUT2D eigenvalue weighted by molar-refractivity contribution is 5.66. The Morgan fingerprint density at radius 2 is 1.87 bits per heavy atom. The number of unbranched alkanes of at least 4 members (excludes halogenated alkanes) is 5. The Morgan fingerprint density at radius 1 is 1.20 bits per heavy atom. The maximum absolute atomic E-state index is 10.4. The number of carboxylic acid groups (broad SMARTS) is 1. The van der Waals surface area contributed by atoms with E-state index in [0.29, 0.717) is 6.61 Å². The first-order valence-electron chi connectivity index (χ1n) is 5.29. The Balaban J connectivity index is 2.99. The molecule has 4 nitrogen and oxygen atoms in total. The molecule has 0 spiro atoms. The molecule has 0 heterocycles. The van der Waals surface area contributed by atoms with Crippen LogP contribution >= 0.6 is 0 Å². The highest BCUT2D eigenvalue weighted by Gasteiger charge is 1.97. The summed E-state index contributed by atoms with van der Waals surface area (Å²) in [6.07, 6.45) is 6.72. The molecule has 0 bridgehead atoms. The predicted molar refractivity (Wildman–Crippen MR) is 56.3 cm³/mol. The van der Waals surface area contributed by atoms with Crippen molar-refractivity contribution in [3.8, 4) is 0 Å². The molecule has 0 aromatic rings. The molecule has 0 aliphatic heterocycles. The van der Waals surface area contributed by atoms with Gasteiger partial charge in [-0.2, -0.15) is 0 Å². The maximum Gasteiger partial charge on any atom is 0.303 e. The number of hydrogen-bond donors (Lipinski definition) is 1. The van der Waals surface area contributed by atoms with Gasteiger partial charge in [-0.1, -0.05) is 12.8 Å². The van der Waals surface area contributed by atoms with Crippen LogP contribution in [0.2, 0.25) is 0 Å². The number of carbonyl (C=O) groups is 2. The van der Waals surface area contributed by atoms with Crippen LogP contribution in [0.4, 0.5) is 0 Å². The average Bonchev–Trinajstić information content (AvgIpc) is 2.14. The molecule has 0 unspecified atom stereocenters. The van der Waals surface area contributed by atoms with Crippen LogP contribution in [0.1, 0.15) is 45.4 Å². The Hall–Kier alpha value is -1.06. The molecule has 0 aliphatic rings. The second kappa shape index (κ2) is 9.49. The van der Waals surface area contributed by atoms with Gasteiger partial charge in [0.15, 0.2) is 0 Å². The lowest BCUT2D eigenvalue weighted by Crippen LogP contribution is -2.00. The molecule has 0 aromatic heterocycles. The van der Waals surface area contributed by atoms with Crippen molar-refractivity contribution in [2.24, 2.45) is 0 Å². The molecule has 87 valence electrons. The minimum absolute atomic E-state index is 0.239. The van der Waals surface area contributed by atoms with Crippen LogP contribution in [0.15, 0.2) is 0 Å². The standard InChI is InChI=1S/C11H19O4/c1-10(12)15-9-7-5-3-2-4-6-8-11(13)14/h3H,2,4-9H2,1H3,(H,13,14). The van der Waals surface area contributed by atoms with E-state index < -0.39 is 5.97 Å². The molecule has 0 aliphatic carbocycles. The normalized spacial score (nSPS) is 9.93. The third-order valence-electron chi connectivity index (χ3n) is 1.91. The predicted octanol–water partition coefficient (Wildman–Crippen LogP) is 2.18. The summed E-state index contributed by atoms with van der Waals surface area (Å²) in [7, 11) is 0. The molecule has 4 heteroatoms. The summed E-state index contributed by atoms with van der Waals surface area (Å²) < 4.78 is 4.76. The smallest absolute Gasteiger partial charge is 0.303 e. The molecule has 0 rings (SSSR count). The van der Waals surface area contributed by atoms with Gasteiger partial charge >= 0.3 is 11.9 Å². The van der Waals surface area contributed by atoms with Gasteiger partial charge in [-0.25, -0.2) is 0 Å². The van der Waals surface area contributed by atoms with Crippen LogP contribution in [0.25, 0.3) is 0 Å². The van der Waals surface area contributed by atoms with Crippen molar-refractivity contribution in [1.82, 2.24) is 0 Å². The van der Waals surface area contributed by atoms with Gasteiger partial charge < -0.3 is 9.84 Å². The highest BCUT2D eigenvalue weighted by Crippen LogP contribution is 2.06. The molecule has 15 heavy (non-hydrogen) atoms. The second-order valence-corrected chi connectivity index (χ2v) is 3.41. The number of aliphatic carboxylic acids is 1. The van der Waals surface area contributed by atoms with Gasteiger partial charge in [-0.3, -0.25) is 9.59 Å². The van der Waals surface area contributed by atoms with Crippen molar-refractivity contribution in [3.63, 3.8) is 0 Å². The molecule has 1 radical (unpaired) electrons. The zero-order valence-electron chi connectivity index (χ0n) is 9.20. The topological polar surface area (TPSA) is 63.6 Å². The van der Waals surface area contributed by atoms with Crippen molar-refractivity contribution in [2.75, 3.05) is 6.61 Å². The van der Waals surface area contributed by atoms with Gasteiger partial charge in [0.1, 0.15) is 0 Å². The molecular weight excluding hydrogens is 196 g/mol. The van der Waals surface area contributed by atoms with Crippen LogP contribution in [-0.2, 0) is 14.3 Å². The zero-order valence-corrected chi connectivity index (χ0v) is 9.20. The number of rotatable bonds is 9. The van der Waals surface area contributed by atoms with E-state index in [4.69, 9.17) is 9.84 Å². The SMILES string of the molecule is CC(=O)OCCC[CH]CCCCC(=O)O. The van der Waals surface area contributed by atoms with Crippen molar-refractivity contribution in [1.29, 1.82) is 0 Å². The number of esters is 1. The molecule has 0 aromatic carbocycles. The van der Waals surface area contributed by atoms with Crippen LogP contribution in [0.3, 0.4) is 0 Å². The number of carbonyl (C=O) groups excluding carboxylic acids is 1. The van der Waals surface area contributed by atoms with Crippen molar-refractivity contribution >= 4 is 11.9 Å². The summed E-state index contributed by atoms with van der Waals surface area (Å²) in [6.45, 7) is 1.87. The van der Waals surface area contributed by atoms with E-state index in [9.17, 15) is 9.59 Å². The Morgan fingerprint density at radius 3 is 2.47 bits per heavy atom. The zero-order chi connectivity index (χ0) is 11.5. The van der Waals surface area contributed by atoms with Gasteiger partial charge in [0, 0.05) is 13.3 Å². The summed E-state index contributed by atoms with van der Waals surface area (Å²) in [5, 5.41) is 8.38. The van der Waals surface area contributed by atoms with E-state index in [-0.39, 0.29) is 12.4 Å². The average molecular weight is 215 g/mol. The van der Waals surface area contributed by atoms with Crippen LogP contribution in [0.5, 0.6) is 0 Å². The quantitative estimate of drug-likeness (QED) is 0.473. The summed E-state index contributed by atoms with van der Waals surface area (Å²) in [5.74, 6) is -0.971. The Labute approximate surface area is 90.6 Å². The van der Waals surface area contributed by atoms with Crippen molar-refractivity contribution in [3.05, 3.63) is 6.42 Å². The van der Waals surface area contributed by atoms with E-state index in [1.807, 2.05) is 0 Å². The fourth-order valence-corrected chi connectivity index (χ4v) is 1.15. The molecular formula is C11H19O4. The largest absolute Gasteiger partial charge is 0.481 e. The minimum atomic E-state index is -0.732. The van der Waals surface area contributed by atoms with Crippen LogP contribution < -0.4 is 0 Å². The summed E-state index contributed by atoms with van der Waals surface area (Å²) >= 11 is 0. The monoisotopic (exact) mass is 215 g/mol. The van der Waals surface area contributed by atoms with E-state index in [1.165, 1.54) is 6.92 Å². The Kier molecular flexibility index (Phi) is 8.82. The lowest BCUT2D eigenvalue weighted by Gasteiger charge is -2.01. The highest BCUT2D eigenvalue weighted by atomic mass is 16.5. The number of hydrogen-bond acceptors (Lipinski definition) is 3. The van der Waals surface area contributed by atoms with Crippen LogP contribution in [0, 0.1) is 6.42 Å². The van der Waals surface area contributed by atoms with E-state index in [2.05, 4.69) is 6.42 Å². The van der Waals surface area contributed by atoms with E-state index in [1.54, 1.807) is 0 Å². The first-order chi connectivity index (χ1) is 7.13. The van der Waals surface area contributed by atoms with Crippen LogP contribution in [-0.4, -0.2) is 23.7 Å². The van der Waals surface area contributed by atoms with Gasteiger partial charge in [-0.15, -0.1) is 0 Å². The molecule has 0 saturated carbocycles. The van der Waals surface area contributed by atoms with E-state index in [0.717, 1.165) is 32.1 Å². The van der Waals surface area contributed by atoms with Gasteiger partial charge in [0.2, 0.25) is 0 Å². The third kappa shape index (κ3) is 12.9. The molecule has 0 amide bonds. The summed E-state index contributed by atoms with van der Waals surface area (Å²) in [5.41, 5.74) is 0. The lowest BCUT2D eigenvalue weighted by molar-refractivity contribution is -0.141. The second-order valence-electron chi connectivity index (χ2n) is 3.41. The minimum Gasteiger partial charge on any atom is -0.481 e. The number of ether oxygens (including phenoxy) is 1. The molecule has 0 atom stereocenters. The molecule has 0 saturated heterocycles. The fourth-order valence-electron chi connectivity index (χ4n) is 1.15. The molecule has 1 N–H and O–H groups in total. The third-order valence-corrected chi connectivity index (χ3v) is 1.91. The summed E-state index contributed by atoms with van der Waals surface area (Å²) in [4.78, 5) is 20.6. The molecule has 0 fully saturated rings. The maximum atomic E-state index is 10.4. The first kappa shape index (κ1) is 13.9. The van der Waals surface area contributed by atoms with Gasteiger partial charge in [-0.05, 0) is 25.7 Å². The first-order valence-corrected chi connectivity index (χ1v) is 5.29. The van der Waals surface area contributed by atoms with E-state index >= 15 is 0 Å². The van der Waals surface area contributed by atoms with Gasteiger partial charge in [0.25, 0.3) is 0 Å². The fraction of sp³-hybridized carbons (Fsp3) is 0.727. The lowest BCUT2D eigenvalue weighted by atomic mass is 10.1. The Bertz CT molecular complexity index is 169. The summed E-state index contributed by atoms with van der Waals surface area (Å²) in [6, 6.07) is 0. The van der Waals surface area contributed by atoms with Crippen molar-refractivity contribution in [2.45, 2.75) is 45.4 Å². The van der Waals surface area contributed by atoms with Crippen molar-refractivity contribution < 1.29 is 19.4 Å². The van der Waals surface area contributed by atoms with Gasteiger partial charge in [0.05, 0.1) is 6.61 Å².